The number of aryl methyl sites for hydroxylation is 3. The van der Waals surface area contributed by atoms with Gasteiger partial charge in [0.25, 0.3) is 0 Å². The molecular weight excluding hydrogens is 736 g/mol. The smallest absolute Gasteiger partial charge is 0.242 e. The highest BCUT2D eigenvalue weighted by molar-refractivity contribution is 7.22. The topological polar surface area (TPSA) is 122 Å². The number of aromatic nitrogens is 2. The number of imide groups is 2. The molecule has 55 heavy (non-hydrogen) atoms. The van der Waals surface area contributed by atoms with E-state index in [0.29, 0.717) is 34.2 Å². The molecule has 3 fully saturated rings. The molecule has 5 aromatic rings. The van der Waals surface area contributed by atoms with Crippen LogP contribution in [0, 0.1) is 36.0 Å². The molecule has 2 aliphatic carbocycles. The van der Waals surface area contributed by atoms with E-state index >= 15 is 4.79 Å². The zero-order valence-electron chi connectivity index (χ0n) is 31.0. The van der Waals surface area contributed by atoms with E-state index in [1.807, 2.05) is 62.4 Å². The Kier molecular flexibility index (Phi) is 8.15. The van der Waals surface area contributed by atoms with Crippen molar-refractivity contribution in [2.75, 3.05) is 16.9 Å². The monoisotopic (exact) mass is 774 g/mol. The van der Waals surface area contributed by atoms with Gasteiger partial charge in [-0.25, -0.2) is 4.90 Å². The van der Waals surface area contributed by atoms with Crippen molar-refractivity contribution in [3.05, 3.63) is 100 Å². The fourth-order valence-electron chi connectivity index (χ4n) is 9.87. The lowest BCUT2D eigenvalue weighted by Gasteiger charge is -2.49. The predicted octanol–water partition coefficient (Wildman–Crippen LogP) is 7.98. The summed E-state index contributed by atoms with van der Waals surface area (Å²) in [6.07, 6.45) is 3.29. The molecule has 3 aromatic carbocycles. The molecule has 4 aliphatic rings. The highest BCUT2D eigenvalue weighted by atomic mass is 35.5. The number of phenolic OH excluding ortho intramolecular Hbond substituents is 1. The maximum atomic E-state index is 15.2. The van der Waals surface area contributed by atoms with Gasteiger partial charge in [-0.3, -0.25) is 28.8 Å². The molecule has 0 radical (unpaired) electrons. The van der Waals surface area contributed by atoms with Gasteiger partial charge in [0.15, 0.2) is 11.5 Å². The number of aromatic hydroxyl groups is 1. The summed E-state index contributed by atoms with van der Waals surface area (Å²) in [5, 5.41) is 18.1. The van der Waals surface area contributed by atoms with Gasteiger partial charge in [-0.15, -0.1) is 11.3 Å². The minimum atomic E-state index is -1.36. The number of hydrogen-bond acceptors (Lipinski definition) is 8. The maximum absolute atomic E-state index is 15.2. The normalized spacial score (nSPS) is 26.1. The Morgan fingerprint density at radius 1 is 0.982 bits per heavy atom. The van der Waals surface area contributed by atoms with Crippen LogP contribution < -0.4 is 14.5 Å². The molecular formula is C43H39ClN4O6S. The number of carbonyl (C=O) groups excluding carboxylic acids is 4. The number of rotatable bonds is 6. The summed E-state index contributed by atoms with van der Waals surface area (Å²) in [6, 6.07) is 20.1. The number of hydrogen-bond donors (Lipinski definition) is 1. The predicted molar refractivity (Wildman–Crippen MR) is 211 cm³/mol. The number of anilines is 2. The number of nitrogens with zero attached hydrogens (tertiary/aromatic N) is 4. The molecule has 2 aromatic heterocycles. The number of ether oxygens (including phenoxy) is 1. The number of benzene rings is 3. The molecule has 1 N–H and O–H groups in total. The van der Waals surface area contributed by atoms with Crippen LogP contribution in [0.4, 0.5) is 11.5 Å². The van der Waals surface area contributed by atoms with Crippen LogP contribution in [-0.2, 0) is 32.6 Å². The number of halogens is 1. The first-order valence-electron chi connectivity index (χ1n) is 18.5. The van der Waals surface area contributed by atoms with E-state index in [4.69, 9.17) is 21.4 Å². The van der Waals surface area contributed by atoms with Crippen molar-refractivity contribution in [3.8, 4) is 22.1 Å². The van der Waals surface area contributed by atoms with E-state index in [2.05, 4.69) is 0 Å². The summed E-state index contributed by atoms with van der Waals surface area (Å²) in [5.41, 5.74) is 3.09. The van der Waals surface area contributed by atoms with Gasteiger partial charge in [0, 0.05) is 34.3 Å². The van der Waals surface area contributed by atoms with Gasteiger partial charge in [-0.05, 0) is 91.9 Å². The first-order chi connectivity index (χ1) is 26.4. The highest BCUT2D eigenvalue weighted by Crippen LogP contribution is 2.65. The number of methoxy groups -OCH3 is 1. The summed E-state index contributed by atoms with van der Waals surface area (Å²) in [7, 11) is 3.17. The third-order valence-corrected chi connectivity index (χ3v) is 14.2. The summed E-state index contributed by atoms with van der Waals surface area (Å²) >= 11 is 7.89. The molecule has 0 spiro atoms. The largest absolute Gasteiger partial charge is 0.504 e. The number of para-hydroxylation sites is 1. The molecule has 4 heterocycles. The van der Waals surface area contributed by atoms with E-state index in [-0.39, 0.29) is 29.7 Å². The second-order valence-electron chi connectivity index (χ2n) is 15.3. The Bertz CT molecular complexity index is 2520. The zero-order chi connectivity index (χ0) is 38.7. The lowest BCUT2D eigenvalue weighted by atomic mass is 9.51. The third kappa shape index (κ3) is 4.94. The minimum absolute atomic E-state index is 0.132. The Balaban J connectivity index is 1.16. The van der Waals surface area contributed by atoms with E-state index in [1.54, 1.807) is 54.3 Å². The van der Waals surface area contributed by atoms with Gasteiger partial charge in [0.1, 0.15) is 11.5 Å². The SMILES string of the molecule is CCc1ccc(N2C(=O)[C@H]3[C@H](CC=C4[C@H]3C[C@H]3C(=O)N(c5cc(-c6sc7ccc(Cl)cc7c6C)nn5C)C(=O)[C@@]3(C)[C@H]4c3cccc(OC)c3O)C2=O)cc1. The molecule has 2 saturated heterocycles. The second kappa shape index (κ2) is 12.6. The van der Waals surface area contributed by atoms with Crippen molar-refractivity contribution in [1.29, 1.82) is 0 Å². The van der Waals surface area contributed by atoms with Crippen LogP contribution in [0.25, 0.3) is 20.7 Å². The van der Waals surface area contributed by atoms with E-state index in [9.17, 15) is 19.5 Å². The third-order valence-electron chi connectivity index (χ3n) is 12.7. The van der Waals surface area contributed by atoms with Crippen molar-refractivity contribution in [2.24, 2.45) is 36.1 Å². The van der Waals surface area contributed by atoms with Crippen molar-refractivity contribution >= 4 is 68.2 Å². The van der Waals surface area contributed by atoms with Crippen LogP contribution in [0.3, 0.4) is 0 Å². The molecule has 1 saturated carbocycles. The average molecular weight is 775 g/mol. The van der Waals surface area contributed by atoms with Crippen LogP contribution in [0.1, 0.15) is 49.3 Å². The number of thiophene rings is 1. The van der Waals surface area contributed by atoms with Gasteiger partial charge < -0.3 is 9.84 Å². The maximum Gasteiger partial charge on any atom is 0.242 e. The molecule has 280 valence electrons. The van der Waals surface area contributed by atoms with E-state index < -0.39 is 46.8 Å². The number of allylic oxidation sites excluding steroid dienone is 2. The summed E-state index contributed by atoms with van der Waals surface area (Å²) in [5.74, 6) is -4.52. The summed E-state index contributed by atoms with van der Waals surface area (Å²) < 4.78 is 8.12. The number of amides is 4. The molecule has 12 heteroatoms. The van der Waals surface area contributed by atoms with Crippen LogP contribution in [0.5, 0.6) is 11.5 Å². The van der Waals surface area contributed by atoms with Crippen LogP contribution in [0.2, 0.25) is 5.02 Å². The van der Waals surface area contributed by atoms with E-state index in [0.717, 1.165) is 38.1 Å². The molecule has 2 aliphatic heterocycles. The second-order valence-corrected chi connectivity index (χ2v) is 16.8. The van der Waals surface area contributed by atoms with Crippen molar-refractivity contribution in [1.82, 2.24) is 9.78 Å². The highest BCUT2D eigenvalue weighted by Gasteiger charge is 2.68. The van der Waals surface area contributed by atoms with Crippen molar-refractivity contribution in [3.63, 3.8) is 0 Å². The van der Waals surface area contributed by atoms with Gasteiger partial charge >= 0.3 is 0 Å². The van der Waals surface area contributed by atoms with Crippen LogP contribution >= 0.6 is 22.9 Å². The van der Waals surface area contributed by atoms with Gasteiger partial charge in [0.2, 0.25) is 23.6 Å². The number of fused-ring (bicyclic) bond motifs is 5. The molecule has 6 atom stereocenters. The summed E-state index contributed by atoms with van der Waals surface area (Å²) in [6.45, 7) is 5.85. The Morgan fingerprint density at radius 3 is 2.47 bits per heavy atom. The molecule has 0 bridgehead atoms. The molecule has 0 unspecified atom stereocenters. The molecule has 4 amide bonds. The lowest BCUT2D eigenvalue weighted by molar-refractivity contribution is -0.131. The van der Waals surface area contributed by atoms with Gasteiger partial charge in [-0.1, -0.05) is 54.4 Å². The first kappa shape index (κ1) is 35.4. The Hall–Kier alpha value is -5.26. The first-order valence-corrected chi connectivity index (χ1v) is 19.7. The zero-order valence-corrected chi connectivity index (χ0v) is 32.6. The minimum Gasteiger partial charge on any atom is -0.504 e. The fourth-order valence-corrected chi connectivity index (χ4v) is 11.2. The van der Waals surface area contributed by atoms with Crippen LogP contribution in [0.15, 0.2) is 78.4 Å². The Morgan fingerprint density at radius 2 is 1.75 bits per heavy atom. The molecule has 9 rings (SSSR count). The van der Waals surface area contributed by atoms with Gasteiger partial charge in [-0.2, -0.15) is 5.10 Å². The Labute approximate surface area is 326 Å². The quantitative estimate of drug-likeness (QED) is 0.137. The number of phenols is 1. The summed E-state index contributed by atoms with van der Waals surface area (Å²) in [4.78, 5) is 62.1. The fraction of sp³-hybridized carbons (Fsp3) is 0.326. The number of carbonyl (C=O) groups is 4. The van der Waals surface area contributed by atoms with Crippen molar-refractivity contribution < 1.29 is 29.0 Å². The lowest BCUT2D eigenvalue weighted by Crippen LogP contribution is -2.49. The standard InChI is InChI=1S/C43H39ClN4O6S/c1-6-22-10-13-24(14-11-22)47-39(50)26-16-15-25-29(35(26)41(47)52)19-30-40(51)48(42(53)43(30,3)36(25)27-8-7-9-32(54-5)37(27)49)34-20-31(45-46(34)4)38-21(2)28-18-23(44)12-17-33(28)55-38/h7-15,17-18,20,26,29-30,35-36,49H,6,16,19H2,1-5H3/t26-,29+,30-,35-,36+,43+/m0/s1. The van der Waals surface area contributed by atoms with Crippen molar-refractivity contribution in [2.45, 2.75) is 46.0 Å². The molecule has 10 nitrogen and oxygen atoms in total. The average Bonchev–Trinajstić information content (AvgIpc) is 3.85. The van der Waals surface area contributed by atoms with Gasteiger partial charge in [0.05, 0.1) is 40.8 Å². The van der Waals surface area contributed by atoms with E-state index in [1.165, 1.54) is 16.9 Å². The van der Waals surface area contributed by atoms with Crippen LogP contribution in [-0.4, -0.2) is 45.6 Å².